The number of hydrogen-bond donors (Lipinski definition) is 1. The fourth-order valence-electron chi connectivity index (χ4n) is 4.62. The van der Waals surface area contributed by atoms with E-state index in [1.54, 1.807) is 0 Å². The average Bonchev–Trinajstić information content (AvgIpc) is 3.07. The first kappa shape index (κ1) is 14.4. The molecule has 0 radical (unpaired) electrons. The van der Waals surface area contributed by atoms with Gasteiger partial charge in [0.15, 0.2) is 0 Å². The molecule has 0 aromatic rings. The number of carbonyl (C=O) groups excluding carboxylic acids is 1. The van der Waals surface area contributed by atoms with Crippen molar-refractivity contribution in [2.24, 2.45) is 23.7 Å². The molecule has 1 N–H and O–H groups in total. The van der Waals surface area contributed by atoms with Gasteiger partial charge < -0.3 is 10.2 Å². The molecule has 2 saturated carbocycles. The zero-order valence-corrected chi connectivity index (χ0v) is 13.1. The SMILES string of the molecule is CC(C)NCC1CCCN(C(=O)C2CC3CCC2C3)C1. The van der Waals surface area contributed by atoms with Gasteiger partial charge in [-0.05, 0) is 56.4 Å². The summed E-state index contributed by atoms with van der Waals surface area (Å²) in [5.41, 5.74) is 0. The van der Waals surface area contributed by atoms with E-state index >= 15 is 0 Å². The third-order valence-corrected chi connectivity index (χ3v) is 5.70. The molecule has 2 bridgehead atoms. The lowest BCUT2D eigenvalue weighted by molar-refractivity contribution is -0.139. The second-order valence-corrected chi connectivity index (χ2v) is 7.64. The molecule has 3 nitrogen and oxygen atoms in total. The molecular formula is C17H30N2O. The molecule has 4 unspecified atom stereocenters. The standard InChI is InChI=1S/C17H30N2O/c1-12(2)18-10-14-4-3-7-19(11-14)17(20)16-9-13-5-6-15(16)8-13/h12-16,18H,3-11H2,1-2H3. The lowest BCUT2D eigenvalue weighted by atomic mass is 9.86. The van der Waals surface area contributed by atoms with E-state index in [9.17, 15) is 4.79 Å². The van der Waals surface area contributed by atoms with Crippen molar-refractivity contribution in [2.45, 2.75) is 58.4 Å². The van der Waals surface area contributed by atoms with Gasteiger partial charge >= 0.3 is 0 Å². The third-order valence-electron chi connectivity index (χ3n) is 5.70. The molecule has 114 valence electrons. The quantitative estimate of drug-likeness (QED) is 0.857. The van der Waals surface area contributed by atoms with Gasteiger partial charge in [-0.15, -0.1) is 0 Å². The Morgan fingerprint density at radius 2 is 2.10 bits per heavy atom. The first-order chi connectivity index (χ1) is 9.63. The maximum absolute atomic E-state index is 12.8. The van der Waals surface area contributed by atoms with Crippen LogP contribution in [0.25, 0.3) is 0 Å². The monoisotopic (exact) mass is 278 g/mol. The number of nitrogens with one attached hydrogen (secondary N) is 1. The fraction of sp³-hybridized carbons (Fsp3) is 0.941. The molecule has 1 heterocycles. The Morgan fingerprint density at radius 3 is 2.75 bits per heavy atom. The summed E-state index contributed by atoms with van der Waals surface area (Å²) < 4.78 is 0. The molecule has 0 aromatic carbocycles. The van der Waals surface area contributed by atoms with Crippen LogP contribution in [-0.4, -0.2) is 36.5 Å². The summed E-state index contributed by atoms with van der Waals surface area (Å²) in [6.07, 6.45) is 7.69. The van der Waals surface area contributed by atoms with E-state index in [2.05, 4.69) is 24.1 Å². The minimum absolute atomic E-state index is 0.380. The summed E-state index contributed by atoms with van der Waals surface area (Å²) in [5.74, 6) is 3.13. The van der Waals surface area contributed by atoms with Crippen LogP contribution in [0.4, 0.5) is 0 Å². The van der Waals surface area contributed by atoms with E-state index in [0.29, 0.717) is 23.8 Å². The second-order valence-electron chi connectivity index (χ2n) is 7.64. The largest absolute Gasteiger partial charge is 0.342 e. The van der Waals surface area contributed by atoms with Crippen molar-refractivity contribution in [1.82, 2.24) is 10.2 Å². The number of amides is 1. The highest BCUT2D eigenvalue weighted by Gasteiger charge is 2.44. The Hall–Kier alpha value is -0.570. The van der Waals surface area contributed by atoms with Crippen LogP contribution in [0.2, 0.25) is 0 Å². The zero-order valence-electron chi connectivity index (χ0n) is 13.1. The van der Waals surface area contributed by atoms with Gasteiger partial charge in [-0.2, -0.15) is 0 Å². The van der Waals surface area contributed by atoms with Crippen molar-refractivity contribution in [3.8, 4) is 0 Å². The number of hydrogen-bond acceptors (Lipinski definition) is 2. The zero-order chi connectivity index (χ0) is 14.1. The normalized spacial score (nSPS) is 36.9. The highest BCUT2D eigenvalue weighted by Crippen LogP contribution is 2.49. The van der Waals surface area contributed by atoms with Gasteiger partial charge in [0.2, 0.25) is 5.91 Å². The van der Waals surface area contributed by atoms with E-state index in [0.717, 1.165) is 31.5 Å². The van der Waals surface area contributed by atoms with Gasteiger partial charge in [0.25, 0.3) is 0 Å². The smallest absolute Gasteiger partial charge is 0.225 e. The van der Waals surface area contributed by atoms with E-state index < -0.39 is 0 Å². The van der Waals surface area contributed by atoms with Gasteiger partial charge in [0.1, 0.15) is 0 Å². The van der Waals surface area contributed by atoms with E-state index in [1.165, 1.54) is 38.5 Å². The maximum Gasteiger partial charge on any atom is 0.225 e. The minimum atomic E-state index is 0.380. The summed E-state index contributed by atoms with van der Waals surface area (Å²) in [5, 5.41) is 3.53. The van der Waals surface area contributed by atoms with Crippen molar-refractivity contribution in [3.05, 3.63) is 0 Å². The highest BCUT2D eigenvalue weighted by atomic mass is 16.2. The van der Waals surface area contributed by atoms with Crippen LogP contribution in [-0.2, 0) is 4.79 Å². The van der Waals surface area contributed by atoms with E-state index in [4.69, 9.17) is 0 Å². The summed E-state index contributed by atoms with van der Waals surface area (Å²) in [6.45, 7) is 7.46. The van der Waals surface area contributed by atoms with Crippen molar-refractivity contribution in [3.63, 3.8) is 0 Å². The Kier molecular flexibility index (Phi) is 4.34. The summed E-state index contributed by atoms with van der Waals surface area (Å²) in [7, 11) is 0. The van der Waals surface area contributed by atoms with Gasteiger partial charge in [0.05, 0.1) is 0 Å². The van der Waals surface area contributed by atoms with Crippen LogP contribution >= 0.6 is 0 Å². The molecule has 3 rings (SSSR count). The van der Waals surface area contributed by atoms with Crippen LogP contribution < -0.4 is 5.32 Å². The molecule has 1 saturated heterocycles. The number of piperidine rings is 1. The predicted molar refractivity (Wildman–Crippen MR) is 81.4 cm³/mol. The Labute approximate surface area is 123 Å². The average molecular weight is 278 g/mol. The minimum Gasteiger partial charge on any atom is -0.342 e. The van der Waals surface area contributed by atoms with Crippen LogP contribution in [0.3, 0.4) is 0 Å². The van der Waals surface area contributed by atoms with Crippen molar-refractivity contribution >= 4 is 5.91 Å². The lowest BCUT2D eigenvalue weighted by Crippen LogP contribution is -2.46. The number of carbonyl (C=O) groups is 1. The molecular weight excluding hydrogens is 248 g/mol. The van der Waals surface area contributed by atoms with Crippen molar-refractivity contribution < 1.29 is 4.79 Å². The number of fused-ring (bicyclic) bond motifs is 2. The van der Waals surface area contributed by atoms with Crippen molar-refractivity contribution in [1.29, 1.82) is 0 Å². The maximum atomic E-state index is 12.8. The molecule has 3 aliphatic rings. The first-order valence-corrected chi connectivity index (χ1v) is 8.65. The summed E-state index contributed by atoms with van der Waals surface area (Å²) in [6, 6.07) is 0.548. The van der Waals surface area contributed by atoms with Crippen molar-refractivity contribution in [2.75, 3.05) is 19.6 Å². The van der Waals surface area contributed by atoms with Crippen LogP contribution in [0.1, 0.15) is 52.4 Å². The second kappa shape index (κ2) is 6.05. The fourth-order valence-corrected chi connectivity index (χ4v) is 4.62. The third kappa shape index (κ3) is 3.03. The van der Waals surface area contributed by atoms with Gasteiger partial charge in [-0.25, -0.2) is 0 Å². The van der Waals surface area contributed by atoms with Crippen LogP contribution in [0.5, 0.6) is 0 Å². The molecule has 1 amide bonds. The van der Waals surface area contributed by atoms with Gasteiger partial charge in [-0.3, -0.25) is 4.79 Å². The molecule has 0 aromatic heterocycles. The molecule has 4 atom stereocenters. The topological polar surface area (TPSA) is 32.3 Å². The van der Waals surface area contributed by atoms with Gasteiger partial charge in [-0.1, -0.05) is 20.3 Å². The van der Waals surface area contributed by atoms with Crippen LogP contribution in [0.15, 0.2) is 0 Å². The highest BCUT2D eigenvalue weighted by molar-refractivity contribution is 5.79. The molecule has 2 aliphatic carbocycles. The van der Waals surface area contributed by atoms with E-state index in [1.807, 2.05) is 0 Å². The predicted octanol–water partition coefficient (Wildman–Crippen LogP) is 2.66. The van der Waals surface area contributed by atoms with Gasteiger partial charge in [0, 0.05) is 25.0 Å². The number of likely N-dealkylation sites (tertiary alicyclic amines) is 1. The molecule has 20 heavy (non-hydrogen) atoms. The van der Waals surface area contributed by atoms with Crippen LogP contribution in [0, 0.1) is 23.7 Å². The number of nitrogens with zero attached hydrogens (tertiary/aromatic N) is 1. The molecule has 1 aliphatic heterocycles. The summed E-state index contributed by atoms with van der Waals surface area (Å²) in [4.78, 5) is 15.0. The van der Waals surface area contributed by atoms with E-state index in [-0.39, 0.29) is 0 Å². The lowest BCUT2D eigenvalue weighted by Gasteiger charge is -2.36. The Morgan fingerprint density at radius 1 is 1.25 bits per heavy atom. The Balaban J connectivity index is 1.52. The molecule has 0 spiro atoms. The Bertz CT molecular complexity index is 355. The first-order valence-electron chi connectivity index (χ1n) is 8.65. The molecule has 3 fully saturated rings. The molecule has 3 heteroatoms. The summed E-state index contributed by atoms with van der Waals surface area (Å²) >= 11 is 0. The number of rotatable bonds is 4.